The fourth-order valence-corrected chi connectivity index (χ4v) is 3.49. The number of nitrogens with zero attached hydrogens (tertiary/aromatic N) is 1. The summed E-state index contributed by atoms with van der Waals surface area (Å²) in [6.45, 7) is 1.52. The summed E-state index contributed by atoms with van der Waals surface area (Å²) in [7, 11) is 0. The maximum Gasteiger partial charge on any atom is 0.293 e. The van der Waals surface area contributed by atoms with Crippen LogP contribution in [0.25, 0.3) is 6.08 Å². The third kappa shape index (κ3) is 5.24. The summed E-state index contributed by atoms with van der Waals surface area (Å²) in [5.74, 6) is -1.57. The number of thioether (sulfide) groups is 1. The third-order valence-corrected chi connectivity index (χ3v) is 5.10. The SMILES string of the molecule is CC(Oc1ccc(F)cc1)C(=O)NCCN1C(=O)S/C(=C\c2ccccc2F)C1=O. The van der Waals surface area contributed by atoms with E-state index in [0.29, 0.717) is 5.75 Å². The summed E-state index contributed by atoms with van der Waals surface area (Å²) in [4.78, 5) is 37.8. The molecule has 1 N–H and O–H groups in total. The number of imide groups is 1. The van der Waals surface area contributed by atoms with E-state index in [1.807, 2.05) is 0 Å². The molecule has 9 heteroatoms. The van der Waals surface area contributed by atoms with Gasteiger partial charge in [-0.15, -0.1) is 0 Å². The molecule has 1 aliphatic heterocycles. The standard InChI is InChI=1S/C21H18F2N2O4S/c1-13(29-16-8-6-15(22)7-9-16)19(26)24-10-11-25-20(27)18(30-21(25)28)12-14-4-2-3-5-17(14)23/h2-9,12-13H,10-11H2,1H3,(H,24,26)/b18-12-. The van der Waals surface area contributed by atoms with Crippen molar-refractivity contribution in [3.05, 3.63) is 70.6 Å². The number of amides is 3. The number of carbonyl (C=O) groups excluding carboxylic acids is 3. The molecule has 1 fully saturated rings. The van der Waals surface area contributed by atoms with Gasteiger partial charge in [0.1, 0.15) is 17.4 Å². The molecule has 0 bridgehead atoms. The van der Waals surface area contributed by atoms with Crippen LogP contribution in [-0.2, 0) is 9.59 Å². The zero-order valence-corrected chi connectivity index (χ0v) is 16.7. The molecule has 0 spiro atoms. The smallest absolute Gasteiger partial charge is 0.293 e. The summed E-state index contributed by atoms with van der Waals surface area (Å²) in [6, 6.07) is 11.2. The van der Waals surface area contributed by atoms with Gasteiger partial charge >= 0.3 is 0 Å². The second-order valence-corrected chi connectivity index (χ2v) is 7.35. The molecule has 1 saturated heterocycles. The Kier molecular flexibility index (Phi) is 6.83. The number of carbonyl (C=O) groups is 3. The lowest BCUT2D eigenvalue weighted by Gasteiger charge is -2.16. The minimum absolute atomic E-state index is 0.0287. The quantitative estimate of drug-likeness (QED) is 0.677. The Morgan fingerprint density at radius 1 is 1.17 bits per heavy atom. The van der Waals surface area contributed by atoms with E-state index >= 15 is 0 Å². The molecular weight excluding hydrogens is 414 g/mol. The first kappa shape index (κ1) is 21.5. The molecule has 6 nitrogen and oxygen atoms in total. The number of hydrogen-bond acceptors (Lipinski definition) is 5. The lowest BCUT2D eigenvalue weighted by atomic mass is 10.2. The fourth-order valence-electron chi connectivity index (χ4n) is 2.63. The van der Waals surface area contributed by atoms with E-state index in [4.69, 9.17) is 4.74 Å². The van der Waals surface area contributed by atoms with Crippen LogP contribution in [0.4, 0.5) is 13.6 Å². The van der Waals surface area contributed by atoms with Gasteiger partial charge in [0.05, 0.1) is 4.91 Å². The molecule has 3 rings (SSSR count). The monoisotopic (exact) mass is 432 g/mol. The Labute approximate surface area is 175 Å². The maximum absolute atomic E-state index is 13.8. The molecule has 1 heterocycles. The average molecular weight is 432 g/mol. The highest BCUT2D eigenvalue weighted by atomic mass is 32.2. The van der Waals surface area contributed by atoms with Crippen LogP contribution in [0.5, 0.6) is 5.75 Å². The average Bonchev–Trinajstić information content (AvgIpc) is 2.98. The van der Waals surface area contributed by atoms with Crippen molar-refractivity contribution >= 4 is 34.9 Å². The van der Waals surface area contributed by atoms with Crippen molar-refractivity contribution in [3.8, 4) is 5.75 Å². The van der Waals surface area contributed by atoms with E-state index in [1.165, 1.54) is 55.5 Å². The van der Waals surface area contributed by atoms with Crippen molar-refractivity contribution in [1.29, 1.82) is 0 Å². The number of nitrogens with one attached hydrogen (secondary N) is 1. The maximum atomic E-state index is 13.8. The van der Waals surface area contributed by atoms with Gasteiger partial charge in [-0.1, -0.05) is 18.2 Å². The van der Waals surface area contributed by atoms with E-state index in [1.54, 1.807) is 6.07 Å². The molecule has 30 heavy (non-hydrogen) atoms. The van der Waals surface area contributed by atoms with Gasteiger partial charge in [0.15, 0.2) is 6.10 Å². The first-order chi connectivity index (χ1) is 14.3. The number of rotatable bonds is 7. The van der Waals surface area contributed by atoms with E-state index in [2.05, 4.69) is 5.32 Å². The molecule has 3 amide bonds. The minimum atomic E-state index is -0.855. The number of halogens is 2. The predicted octanol–water partition coefficient (Wildman–Crippen LogP) is 3.58. The van der Waals surface area contributed by atoms with Gasteiger partial charge in [-0.3, -0.25) is 19.3 Å². The van der Waals surface area contributed by atoms with Crippen molar-refractivity contribution < 1.29 is 27.9 Å². The Morgan fingerprint density at radius 2 is 1.87 bits per heavy atom. The molecule has 1 atom stereocenters. The molecule has 2 aromatic carbocycles. The Bertz CT molecular complexity index is 995. The zero-order chi connectivity index (χ0) is 21.7. The highest BCUT2D eigenvalue weighted by molar-refractivity contribution is 8.18. The van der Waals surface area contributed by atoms with Crippen LogP contribution in [-0.4, -0.2) is 41.1 Å². The first-order valence-electron chi connectivity index (χ1n) is 9.05. The Morgan fingerprint density at radius 3 is 2.57 bits per heavy atom. The number of hydrogen-bond donors (Lipinski definition) is 1. The Hall–Kier alpha value is -3.20. The molecular formula is C21H18F2N2O4S. The van der Waals surface area contributed by atoms with Gasteiger partial charge in [-0.2, -0.15) is 0 Å². The lowest BCUT2D eigenvalue weighted by Crippen LogP contribution is -2.41. The summed E-state index contributed by atoms with van der Waals surface area (Å²) in [6.07, 6.45) is 0.476. The normalized spacial score (nSPS) is 16.1. The molecule has 1 aliphatic rings. The van der Waals surface area contributed by atoms with Gasteiger partial charge in [0.2, 0.25) is 0 Å². The largest absolute Gasteiger partial charge is 0.481 e. The van der Waals surface area contributed by atoms with Crippen molar-refractivity contribution in [2.45, 2.75) is 13.0 Å². The van der Waals surface area contributed by atoms with Crippen molar-refractivity contribution in [2.75, 3.05) is 13.1 Å². The minimum Gasteiger partial charge on any atom is -0.481 e. The molecule has 1 unspecified atom stereocenters. The predicted molar refractivity (Wildman–Crippen MR) is 109 cm³/mol. The molecule has 0 radical (unpaired) electrons. The van der Waals surface area contributed by atoms with Crippen LogP contribution >= 0.6 is 11.8 Å². The molecule has 0 aromatic heterocycles. The van der Waals surface area contributed by atoms with Crippen molar-refractivity contribution in [2.24, 2.45) is 0 Å². The van der Waals surface area contributed by atoms with Crippen LogP contribution in [0.3, 0.4) is 0 Å². The van der Waals surface area contributed by atoms with Gasteiger partial charge in [-0.25, -0.2) is 8.78 Å². The third-order valence-electron chi connectivity index (χ3n) is 4.20. The summed E-state index contributed by atoms with van der Waals surface area (Å²) < 4.78 is 32.1. The second-order valence-electron chi connectivity index (χ2n) is 6.36. The van der Waals surface area contributed by atoms with Crippen LogP contribution in [0.15, 0.2) is 53.4 Å². The number of ether oxygens (including phenoxy) is 1. The summed E-state index contributed by atoms with van der Waals surface area (Å²) in [5, 5.41) is 2.09. The zero-order valence-electron chi connectivity index (χ0n) is 15.9. The Balaban J connectivity index is 1.52. The van der Waals surface area contributed by atoms with Gasteiger partial charge < -0.3 is 10.1 Å². The van der Waals surface area contributed by atoms with Crippen LogP contribution in [0.1, 0.15) is 12.5 Å². The highest BCUT2D eigenvalue weighted by Crippen LogP contribution is 2.32. The van der Waals surface area contributed by atoms with E-state index < -0.39 is 34.8 Å². The molecule has 2 aromatic rings. The lowest BCUT2D eigenvalue weighted by molar-refractivity contribution is -0.128. The van der Waals surface area contributed by atoms with Crippen molar-refractivity contribution in [1.82, 2.24) is 10.2 Å². The van der Waals surface area contributed by atoms with E-state index in [0.717, 1.165) is 16.7 Å². The van der Waals surface area contributed by atoms with Crippen LogP contribution in [0, 0.1) is 11.6 Å². The summed E-state index contributed by atoms with van der Waals surface area (Å²) >= 11 is 0.717. The van der Waals surface area contributed by atoms with E-state index in [-0.39, 0.29) is 23.6 Å². The topological polar surface area (TPSA) is 75.7 Å². The van der Waals surface area contributed by atoms with Crippen LogP contribution < -0.4 is 10.1 Å². The van der Waals surface area contributed by atoms with Gasteiger partial charge in [0.25, 0.3) is 17.1 Å². The number of benzene rings is 2. The van der Waals surface area contributed by atoms with Crippen molar-refractivity contribution in [3.63, 3.8) is 0 Å². The van der Waals surface area contributed by atoms with E-state index in [9.17, 15) is 23.2 Å². The fraction of sp³-hybridized carbons (Fsp3) is 0.190. The molecule has 156 valence electrons. The second kappa shape index (κ2) is 9.53. The molecule has 0 aliphatic carbocycles. The van der Waals surface area contributed by atoms with Crippen LogP contribution in [0.2, 0.25) is 0 Å². The first-order valence-corrected chi connectivity index (χ1v) is 9.86. The molecule has 0 saturated carbocycles. The highest BCUT2D eigenvalue weighted by Gasteiger charge is 2.34. The summed E-state index contributed by atoms with van der Waals surface area (Å²) in [5.41, 5.74) is 0.211. The van der Waals surface area contributed by atoms with Gasteiger partial charge in [-0.05, 0) is 55.1 Å². The van der Waals surface area contributed by atoms with Gasteiger partial charge in [0, 0.05) is 18.7 Å².